The monoisotopic (exact) mass is 967 g/mol. The predicted octanol–water partition coefficient (Wildman–Crippen LogP) is 10.2. The van der Waals surface area contributed by atoms with Crippen LogP contribution in [-0.2, 0) is 41.5 Å². The van der Waals surface area contributed by atoms with E-state index >= 15 is 0 Å². The van der Waals surface area contributed by atoms with Gasteiger partial charge in [0.15, 0.2) is 5.78 Å². The molecule has 6 N–H and O–H groups in total. The van der Waals surface area contributed by atoms with Gasteiger partial charge in [-0.15, -0.1) is 13.2 Å². The van der Waals surface area contributed by atoms with Gasteiger partial charge in [0.25, 0.3) is 0 Å². The molecule has 0 radical (unpaired) electrons. The van der Waals surface area contributed by atoms with E-state index in [1.165, 1.54) is 12.2 Å². The second kappa shape index (κ2) is 26.7. The van der Waals surface area contributed by atoms with Crippen molar-refractivity contribution in [3.63, 3.8) is 0 Å². The van der Waals surface area contributed by atoms with Crippen LogP contribution in [0.2, 0.25) is 0 Å². The molecule has 2 saturated carbocycles. The van der Waals surface area contributed by atoms with Crippen LogP contribution >= 0.6 is 0 Å². The van der Waals surface area contributed by atoms with E-state index in [-0.39, 0.29) is 48.8 Å². The van der Waals surface area contributed by atoms with Crippen LogP contribution in [0.4, 0.5) is 11.4 Å². The molecule has 4 aromatic carbocycles. The fourth-order valence-corrected chi connectivity index (χ4v) is 9.32. The maximum Gasteiger partial charge on any atom is 0.314 e. The lowest BCUT2D eigenvalue weighted by Crippen LogP contribution is -2.57. The van der Waals surface area contributed by atoms with E-state index in [1.807, 2.05) is 12.2 Å². The van der Waals surface area contributed by atoms with Crippen molar-refractivity contribution in [3.05, 3.63) is 157 Å². The first-order chi connectivity index (χ1) is 34.2. The molecule has 4 aromatic rings. The highest BCUT2D eigenvalue weighted by Gasteiger charge is 2.54. The van der Waals surface area contributed by atoms with E-state index in [4.69, 9.17) is 30.4 Å². The number of carbonyl (C=O) groups is 4. The molecule has 12 nitrogen and oxygen atoms in total. The summed E-state index contributed by atoms with van der Waals surface area (Å²) >= 11 is 0. The first-order valence-corrected chi connectivity index (χ1v) is 24.9. The normalized spacial score (nSPS) is 18.5. The third-order valence-electron chi connectivity index (χ3n) is 13.6. The van der Waals surface area contributed by atoms with Gasteiger partial charge in [0.2, 0.25) is 11.6 Å². The lowest BCUT2D eigenvalue weighted by Gasteiger charge is -2.42. The maximum atomic E-state index is 14.2. The van der Waals surface area contributed by atoms with Crippen LogP contribution in [-0.4, -0.2) is 64.9 Å². The molecule has 2 fully saturated rings. The van der Waals surface area contributed by atoms with Crippen molar-refractivity contribution >= 4 is 47.0 Å². The number of allylic oxidation sites excluding steroid dienone is 3. The first kappa shape index (κ1) is 53.9. The molecule has 12 heteroatoms. The third-order valence-corrected chi connectivity index (χ3v) is 13.6. The Morgan fingerprint density at radius 1 is 0.563 bits per heavy atom. The molecule has 0 unspecified atom stereocenters. The summed E-state index contributed by atoms with van der Waals surface area (Å²) in [5.41, 5.74) is 13.6. The van der Waals surface area contributed by atoms with E-state index in [9.17, 15) is 29.4 Å². The first-order valence-electron chi connectivity index (χ1n) is 24.9. The number of benzene rings is 4. The summed E-state index contributed by atoms with van der Waals surface area (Å²) in [7, 11) is 0. The summed E-state index contributed by atoms with van der Waals surface area (Å²) in [5.74, 6) is -4.88. The van der Waals surface area contributed by atoms with E-state index in [1.54, 1.807) is 103 Å². The molecule has 0 spiro atoms. The summed E-state index contributed by atoms with van der Waals surface area (Å²) < 4.78 is 23.4. The molecule has 0 aliphatic heterocycles. The van der Waals surface area contributed by atoms with Crippen molar-refractivity contribution < 1.29 is 48.3 Å². The van der Waals surface area contributed by atoms with Gasteiger partial charge in [-0.2, -0.15) is 0 Å². The molecule has 0 saturated heterocycles. The lowest BCUT2D eigenvalue weighted by atomic mass is 9.65. The van der Waals surface area contributed by atoms with E-state index < -0.39 is 29.2 Å². The third kappa shape index (κ3) is 16.3. The molecule has 0 amide bonds. The Hall–Kier alpha value is -6.44. The SMILES string of the molecule is C=CCCCOC1CCC(C(=O)Oc2ccc(/C=C/C(=O)CC(Cc3ccc(N)cc3)(Cc3ccc(N)cc3)C(O)(O)C(=O)/C=C/c3ccc(OC(=O)C4CCC(OCCCC=C)CC4)cc3)cc2)CC1. The minimum atomic E-state index is -3.08. The number of esters is 2. The van der Waals surface area contributed by atoms with Gasteiger partial charge in [-0.25, -0.2) is 0 Å². The summed E-state index contributed by atoms with van der Waals surface area (Å²) in [4.78, 5) is 54.5. The summed E-state index contributed by atoms with van der Waals surface area (Å²) in [5, 5.41) is 24.5. The Kier molecular flexibility index (Phi) is 20.3. The lowest BCUT2D eigenvalue weighted by molar-refractivity contribution is -0.230. The van der Waals surface area contributed by atoms with E-state index in [0.29, 0.717) is 84.0 Å². The number of hydrogen-bond donors (Lipinski definition) is 4. The fraction of sp³-hybridized carbons (Fsp3) is 0.390. The van der Waals surface area contributed by atoms with Crippen LogP contribution in [0.5, 0.6) is 11.5 Å². The molecule has 71 heavy (non-hydrogen) atoms. The highest BCUT2D eigenvalue weighted by atomic mass is 16.5. The number of anilines is 2. The van der Waals surface area contributed by atoms with Crippen molar-refractivity contribution in [3.8, 4) is 11.5 Å². The zero-order valence-electron chi connectivity index (χ0n) is 40.8. The molecule has 2 aliphatic rings. The van der Waals surface area contributed by atoms with Crippen LogP contribution < -0.4 is 20.9 Å². The van der Waals surface area contributed by atoms with Crippen molar-refractivity contribution in [1.29, 1.82) is 0 Å². The summed E-state index contributed by atoms with van der Waals surface area (Å²) in [6.07, 6.45) is 18.5. The standard InChI is InChI=1S/C59H70N2O10/c1-3-5-7-37-68-51-32-19-46(20-33-51)56(64)70-53-28-14-42(15-29-53)13-27-50(62)41-58(39-44-9-23-48(60)24-10-44,40-45-11-25-49(61)26-12-45)59(66,67)55(63)36-18-43-16-30-54(31-17-43)71-57(65)47-21-34-52(35-22-47)69-38-8-6-4-2/h3-4,9-18,23-31,36,46-47,51-52,66-67H,1-2,5-8,19-22,32-35,37-41,60-61H2/b27-13+,36-18+. The Bertz CT molecular complexity index is 2380. The number of ketones is 2. The predicted molar refractivity (Wildman–Crippen MR) is 278 cm³/mol. The van der Waals surface area contributed by atoms with Gasteiger partial charge >= 0.3 is 11.9 Å². The number of ether oxygens (including phenoxy) is 4. The number of nitrogen functional groups attached to an aromatic ring is 2. The van der Waals surface area contributed by atoms with Crippen LogP contribution in [0.1, 0.15) is 106 Å². The number of aliphatic hydroxyl groups is 2. The number of rotatable bonds is 26. The summed E-state index contributed by atoms with van der Waals surface area (Å²) in [6.45, 7) is 8.85. The van der Waals surface area contributed by atoms with Gasteiger partial charge in [0, 0.05) is 36.4 Å². The largest absolute Gasteiger partial charge is 0.426 e. The molecular weight excluding hydrogens is 897 g/mol. The quantitative estimate of drug-likeness (QED) is 0.00885. The highest BCUT2D eigenvalue weighted by molar-refractivity contribution is 6.01. The Morgan fingerprint density at radius 3 is 1.35 bits per heavy atom. The topological polar surface area (TPSA) is 198 Å². The highest BCUT2D eigenvalue weighted by Crippen LogP contribution is 2.43. The average Bonchev–Trinajstić information content (AvgIpc) is 3.37. The molecule has 2 aliphatic carbocycles. The number of nitrogens with two attached hydrogens (primary N) is 2. The van der Waals surface area contributed by atoms with E-state index in [2.05, 4.69) is 13.2 Å². The molecule has 376 valence electrons. The maximum absolute atomic E-state index is 14.2. The zero-order chi connectivity index (χ0) is 50.6. The Morgan fingerprint density at radius 2 is 0.958 bits per heavy atom. The van der Waals surface area contributed by atoms with Crippen LogP contribution in [0.25, 0.3) is 12.2 Å². The average molecular weight is 967 g/mol. The van der Waals surface area contributed by atoms with Gasteiger partial charge in [0.05, 0.1) is 24.0 Å². The van der Waals surface area contributed by atoms with Gasteiger partial charge in [-0.1, -0.05) is 72.8 Å². The Balaban J connectivity index is 1.13. The van der Waals surface area contributed by atoms with Crippen molar-refractivity contribution in [2.24, 2.45) is 17.3 Å². The molecule has 0 aromatic heterocycles. The van der Waals surface area contributed by atoms with Crippen LogP contribution in [0.15, 0.2) is 135 Å². The minimum absolute atomic E-state index is 0.0985. The van der Waals surface area contributed by atoms with Crippen molar-refractivity contribution in [1.82, 2.24) is 0 Å². The number of unbranched alkanes of at least 4 members (excludes halogenated alkanes) is 2. The fourth-order valence-electron chi connectivity index (χ4n) is 9.32. The molecular formula is C59H70N2O10. The van der Waals surface area contributed by atoms with Crippen molar-refractivity contribution in [2.75, 3.05) is 24.7 Å². The molecule has 0 atom stereocenters. The van der Waals surface area contributed by atoms with Crippen LogP contribution in [0.3, 0.4) is 0 Å². The van der Waals surface area contributed by atoms with Gasteiger partial charge in [-0.3, -0.25) is 19.2 Å². The smallest absolute Gasteiger partial charge is 0.314 e. The Labute approximate surface area is 418 Å². The number of carbonyl (C=O) groups excluding carboxylic acids is 4. The molecule has 0 heterocycles. The molecule has 0 bridgehead atoms. The van der Waals surface area contributed by atoms with Gasteiger partial charge in [0.1, 0.15) is 11.5 Å². The second-order valence-electron chi connectivity index (χ2n) is 19.0. The van der Waals surface area contributed by atoms with Gasteiger partial charge in [-0.05, 0) is 173 Å². The van der Waals surface area contributed by atoms with Gasteiger partial charge < -0.3 is 40.6 Å². The van der Waals surface area contributed by atoms with E-state index in [0.717, 1.165) is 57.4 Å². The minimum Gasteiger partial charge on any atom is -0.426 e. The van der Waals surface area contributed by atoms with Crippen LogP contribution in [0, 0.1) is 17.3 Å². The summed E-state index contributed by atoms with van der Waals surface area (Å²) in [6, 6.07) is 26.9. The number of hydrogen-bond acceptors (Lipinski definition) is 12. The van der Waals surface area contributed by atoms with Crippen molar-refractivity contribution in [2.45, 2.75) is 114 Å². The second-order valence-corrected chi connectivity index (χ2v) is 19.0. The zero-order valence-corrected chi connectivity index (χ0v) is 40.8. The molecule has 6 rings (SSSR count).